The Kier molecular flexibility index (Phi) is 6.02. The van der Waals surface area contributed by atoms with Gasteiger partial charge in [-0.05, 0) is 49.3 Å². The summed E-state index contributed by atoms with van der Waals surface area (Å²) in [4.78, 5) is 11.4. The van der Waals surface area contributed by atoms with Crippen LogP contribution in [0.5, 0.6) is 0 Å². The summed E-state index contributed by atoms with van der Waals surface area (Å²) in [5, 5.41) is 6.52. The fourth-order valence-corrected chi connectivity index (χ4v) is 6.33. The van der Waals surface area contributed by atoms with E-state index in [1.807, 2.05) is 0 Å². The van der Waals surface area contributed by atoms with Crippen LogP contribution in [-0.4, -0.2) is 45.2 Å². The van der Waals surface area contributed by atoms with E-state index in [2.05, 4.69) is 10.2 Å². The molecule has 198 valence electrons. The van der Waals surface area contributed by atoms with Crippen LogP contribution in [0.3, 0.4) is 0 Å². The number of aryl methyl sites for hydroxylation is 1. The zero-order valence-corrected chi connectivity index (χ0v) is 20.8. The molecule has 1 aromatic carbocycles. The summed E-state index contributed by atoms with van der Waals surface area (Å²) in [6.45, 7) is 0. The van der Waals surface area contributed by atoms with Crippen LogP contribution in [0.1, 0.15) is 48.2 Å². The molecule has 2 aromatic heterocycles. The second kappa shape index (κ2) is 8.62. The molecule has 0 bridgehead atoms. The van der Waals surface area contributed by atoms with Crippen molar-refractivity contribution in [3.05, 3.63) is 46.9 Å². The highest BCUT2D eigenvalue weighted by Gasteiger charge is 2.63. The molecule has 5 rings (SSSR count). The van der Waals surface area contributed by atoms with Crippen molar-refractivity contribution in [1.82, 2.24) is 19.6 Å². The van der Waals surface area contributed by atoms with Crippen molar-refractivity contribution >= 4 is 27.2 Å². The lowest BCUT2D eigenvalue weighted by Crippen LogP contribution is -2.35. The number of alkyl halides is 5. The lowest BCUT2D eigenvalue weighted by atomic mass is 10.0. The highest BCUT2D eigenvalue weighted by atomic mass is 35.5. The molecule has 2 aliphatic carbocycles. The summed E-state index contributed by atoms with van der Waals surface area (Å²) in [5.41, 5.74) is -0.758. The number of halogens is 6. The lowest BCUT2D eigenvalue weighted by molar-refractivity contribution is -0.292. The van der Waals surface area contributed by atoms with Gasteiger partial charge in [0.15, 0.2) is 27.1 Å². The van der Waals surface area contributed by atoms with Gasteiger partial charge in [0.2, 0.25) is 0 Å². The van der Waals surface area contributed by atoms with Gasteiger partial charge in [-0.15, -0.1) is 0 Å². The van der Waals surface area contributed by atoms with Crippen LogP contribution in [-0.2, 0) is 22.8 Å². The summed E-state index contributed by atoms with van der Waals surface area (Å²) in [6.07, 6.45) is -0.924. The second-order valence-electron chi connectivity index (χ2n) is 9.38. The molecule has 2 aliphatic rings. The maximum Gasteiger partial charge on any atom is 0.459 e. The Hall–Kier alpha value is -2.80. The van der Waals surface area contributed by atoms with Crippen LogP contribution >= 0.6 is 11.6 Å². The summed E-state index contributed by atoms with van der Waals surface area (Å²) < 4.78 is 96.3. The number of sulfone groups is 1. The number of hydrogen-bond donors (Lipinski definition) is 0. The molecule has 3 aromatic rings. The maximum atomic E-state index is 14.4. The predicted molar refractivity (Wildman–Crippen MR) is 123 cm³/mol. The SMILES string of the molecule is Cn1nc(C(F)(F)C(F)(F)F)c(S(=O)(=O)C2CC2)c1-n1cc(-c2ccc(Cl)c(C(=O)CC3CC3)c2)cn1. The van der Waals surface area contributed by atoms with E-state index >= 15 is 0 Å². The zero-order valence-electron chi connectivity index (χ0n) is 19.3. The first-order valence-corrected chi connectivity index (χ1v) is 13.3. The molecule has 0 unspecified atom stereocenters. The first-order chi connectivity index (χ1) is 17.2. The van der Waals surface area contributed by atoms with E-state index in [4.69, 9.17) is 11.6 Å². The first kappa shape index (κ1) is 25.8. The molecular formula is C23H20ClF5N4O3S. The lowest BCUT2D eigenvalue weighted by Gasteiger charge is -2.18. The number of aromatic nitrogens is 4. The zero-order chi connectivity index (χ0) is 26.9. The van der Waals surface area contributed by atoms with E-state index in [1.54, 1.807) is 12.1 Å². The molecule has 0 aliphatic heterocycles. The summed E-state index contributed by atoms with van der Waals surface area (Å²) in [5.74, 6) is -5.86. The molecule has 2 saturated carbocycles. The quantitative estimate of drug-likeness (QED) is 0.267. The van der Waals surface area contributed by atoms with E-state index < -0.39 is 43.6 Å². The number of carbonyl (C=O) groups is 1. The summed E-state index contributed by atoms with van der Waals surface area (Å²) in [6, 6.07) is 4.65. The molecule has 0 amide bonds. The van der Waals surface area contributed by atoms with Crippen LogP contribution in [0.15, 0.2) is 35.5 Å². The van der Waals surface area contributed by atoms with E-state index in [0.717, 1.165) is 24.6 Å². The van der Waals surface area contributed by atoms with Crippen LogP contribution in [0.2, 0.25) is 5.02 Å². The van der Waals surface area contributed by atoms with Gasteiger partial charge in [-0.3, -0.25) is 4.79 Å². The van der Waals surface area contributed by atoms with Crippen molar-refractivity contribution in [2.75, 3.05) is 0 Å². The van der Waals surface area contributed by atoms with Crippen LogP contribution < -0.4 is 0 Å². The Morgan fingerprint density at radius 1 is 1.11 bits per heavy atom. The van der Waals surface area contributed by atoms with Gasteiger partial charge in [-0.2, -0.15) is 32.1 Å². The Morgan fingerprint density at radius 2 is 1.78 bits per heavy atom. The molecule has 0 saturated heterocycles. The van der Waals surface area contributed by atoms with E-state index in [0.29, 0.717) is 33.7 Å². The summed E-state index contributed by atoms with van der Waals surface area (Å²) >= 11 is 6.21. The van der Waals surface area contributed by atoms with Crippen LogP contribution in [0.25, 0.3) is 16.9 Å². The number of nitrogens with zero attached hydrogens (tertiary/aromatic N) is 4. The Balaban J connectivity index is 1.60. The number of ketones is 1. The number of rotatable bonds is 8. The van der Waals surface area contributed by atoms with Gasteiger partial charge >= 0.3 is 12.1 Å². The van der Waals surface area contributed by atoms with Crippen molar-refractivity contribution in [3.8, 4) is 16.9 Å². The second-order valence-corrected chi connectivity index (χ2v) is 12.0. The molecule has 7 nitrogen and oxygen atoms in total. The van der Waals surface area contributed by atoms with Crippen LogP contribution in [0.4, 0.5) is 22.0 Å². The standard InChI is InChI=1S/C23H20ClF5N4O3S/c1-32-21(19(37(35,36)15-5-6-15)20(31-32)22(25,26)23(27,28)29)33-11-14(10-30-33)13-4-7-17(24)16(9-13)18(34)8-12-2-3-12/h4,7,9-12,15H,2-3,5-6,8H2,1H3. The monoisotopic (exact) mass is 562 g/mol. The normalized spacial score (nSPS) is 16.8. The smallest absolute Gasteiger partial charge is 0.294 e. The van der Waals surface area contributed by atoms with Gasteiger partial charge in [0, 0.05) is 30.8 Å². The van der Waals surface area contributed by atoms with E-state index in [-0.39, 0.29) is 23.6 Å². The van der Waals surface area contributed by atoms with Gasteiger partial charge in [0.25, 0.3) is 0 Å². The first-order valence-electron chi connectivity index (χ1n) is 11.4. The number of Topliss-reactive ketones (excluding diaryl/α,β-unsaturated/α-hetero) is 1. The number of hydrogen-bond acceptors (Lipinski definition) is 5. The molecule has 37 heavy (non-hydrogen) atoms. The average Bonchev–Trinajstić information content (AvgIpc) is 3.73. The minimum absolute atomic E-state index is 0.134. The third kappa shape index (κ3) is 4.56. The number of benzene rings is 1. The molecule has 2 fully saturated rings. The van der Waals surface area contributed by atoms with Gasteiger partial charge in [-0.25, -0.2) is 17.8 Å². The molecule has 0 spiro atoms. The highest BCUT2D eigenvalue weighted by molar-refractivity contribution is 7.92. The third-order valence-corrected chi connectivity index (χ3v) is 9.07. The Labute approximate surface area is 213 Å². The van der Waals surface area contributed by atoms with Gasteiger partial charge in [0.05, 0.1) is 16.5 Å². The van der Waals surface area contributed by atoms with E-state index in [9.17, 15) is 35.2 Å². The maximum absolute atomic E-state index is 14.4. The fourth-order valence-electron chi connectivity index (χ4n) is 4.09. The molecule has 0 atom stereocenters. The van der Waals surface area contributed by atoms with Gasteiger partial charge < -0.3 is 0 Å². The number of carbonyl (C=O) groups excluding carboxylic acids is 1. The van der Waals surface area contributed by atoms with E-state index in [1.165, 1.54) is 18.5 Å². The molecule has 14 heteroatoms. The Bertz CT molecular complexity index is 1500. The van der Waals surface area contributed by atoms with Crippen LogP contribution in [0, 0.1) is 5.92 Å². The molecule has 0 radical (unpaired) electrons. The van der Waals surface area contributed by atoms with Gasteiger partial charge in [0.1, 0.15) is 4.90 Å². The van der Waals surface area contributed by atoms with Crippen molar-refractivity contribution in [3.63, 3.8) is 0 Å². The highest BCUT2D eigenvalue weighted by Crippen LogP contribution is 2.48. The van der Waals surface area contributed by atoms with Crippen molar-refractivity contribution < 1.29 is 35.2 Å². The molecule has 0 N–H and O–H groups in total. The fraction of sp³-hybridized carbons (Fsp3) is 0.435. The topological polar surface area (TPSA) is 86.9 Å². The largest absolute Gasteiger partial charge is 0.459 e. The predicted octanol–water partition coefficient (Wildman–Crippen LogP) is 5.50. The van der Waals surface area contributed by atoms with Crippen molar-refractivity contribution in [1.29, 1.82) is 0 Å². The minimum atomic E-state index is -6.06. The molecular weight excluding hydrogens is 543 g/mol. The molecule has 2 heterocycles. The summed E-state index contributed by atoms with van der Waals surface area (Å²) in [7, 11) is -3.50. The van der Waals surface area contributed by atoms with Crippen molar-refractivity contribution in [2.45, 2.75) is 54.3 Å². The van der Waals surface area contributed by atoms with Crippen molar-refractivity contribution in [2.24, 2.45) is 13.0 Å². The minimum Gasteiger partial charge on any atom is -0.294 e. The average molecular weight is 563 g/mol. The Morgan fingerprint density at radius 3 is 2.38 bits per heavy atom. The van der Waals surface area contributed by atoms with Gasteiger partial charge in [-0.1, -0.05) is 17.7 Å². The third-order valence-electron chi connectivity index (χ3n) is 6.45.